The van der Waals surface area contributed by atoms with E-state index in [9.17, 15) is 4.39 Å². The van der Waals surface area contributed by atoms with E-state index in [1.54, 1.807) is 23.9 Å². The largest absolute Gasteiger partial charge is 0.380 e. The Morgan fingerprint density at radius 2 is 1.76 bits per heavy atom. The molecule has 0 aliphatic rings. The maximum atomic E-state index is 13.4. The maximum absolute atomic E-state index is 13.4. The van der Waals surface area contributed by atoms with Gasteiger partial charge in [-0.1, -0.05) is 30.3 Å². The summed E-state index contributed by atoms with van der Waals surface area (Å²) in [6.45, 7) is 0.504. The second-order valence-electron chi connectivity index (χ2n) is 3.65. The molecule has 0 saturated carbocycles. The highest BCUT2D eigenvalue weighted by atomic mass is 32.2. The summed E-state index contributed by atoms with van der Waals surface area (Å²) in [5.74, 6) is -0.165. The van der Waals surface area contributed by atoms with Crippen molar-refractivity contribution in [3.05, 3.63) is 59.9 Å². The van der Waals surface area contributed by atoms with Crippen LogP contribution in [0.5, 0.6) is 0 Å². The van der Waals surface area contributed by atoms with Gasteiger partial charge in [-0.05, 0) is 24.5 Å². The Kier molecular flexibility index (Phi) is 4.04. The first kappa shape index (κ1) is 12.0. The van der Waals surface area contributed by atoms with Gasteiger partial charge in [0.15, 0.2) is 0 Å². The summed E-state index contributed by atoms with van der Waals surface area (Å²) in [5, 5.41) is 3.26. The summed E-state index contributed by atoms with van der Waals surface area (Å²) in [7, 11) is 0. The molecule has 88 valence electrons. The highest BCUT2D eigenvalue weighted by Gasteiger charge is 2.02. The highest BCUT2D eigenvalue weighted by Crippen LogP contribution is 2.25. The van der Waals surface area contributed by atoms with Crippen LogP contribution in [0, 0.1) is 5.82 Å². The van der Waals surface area contributed by atoms with Gasteiger partial charge in [0.2, 0.25) is 0 Å². The van der Waals surface area contributed by atoms with Crippen molar-refractivity contribution < 1.29 is 4.39 Å². The predicted octanol–water partition coefficient (Wildman–Crippen LogP) is 4.16. The summed E-state index contributed by atoms with van der Waals surface area (Å²) in [4.78, 5) is 1.17. The van der Waals surface area contributed by atoms with Crippen LogP contribution in [0.25, 0.3) is 0 Å². The fourth-order valence-corrected chi connectivity index (χ4v) is 2.20. The molecule has 0 aliphatic heterocycles. The van der Waals surface area contributed by atoms with Gasteiger partial charge < -0.3 is 5.32 Å². The van der Waals surface area contributed by atoms with Crippen molar-refractivity contribution in [2.45, 2.75) is 11.4 Å². The predicted molar refractivity (Wildman–Crippen MR) is 71.9 cm³/mol. The number of hydrogen-bond acceptors (Lipinski definition) is 2. The second kappa shape index (κ2) is 5.73. The van der Waals surface area contributed by atoms with Crippen molar-refractivity contribution in [2.75, 3.05) is 11.6 Å². The van der Waals surface area contributed by atoms with E-state index in [0.717, 1.165) is 5.69 Å². The molecule has 2 aromatic rings. The lowest BCUT2D eigenvalue weighted by Crippen LogP contribution is -2.02. The Balaban J connectivity index is 2.10. The number of para-hydroxylation sites is 1. The molecule has 2 rings (SSSR count). The summed E-state index contributed by atoms with van der Waals surface area (Å²) in [6, 6.07) is 14.9. The van der Waals surface area contributed by atoms with Gasteiger partial charge in [-0.15, -0.1) is 11.8 Å². The molecular weight excluding hydrogens is 233 g/mol. The topological polar surface area (TPSA) is 12.0 Å². The van der Waals surface area contributed by atoms with E-state index in [0.29, 0.717) is 12.1 Å². The van der Waals surface area contributed by atoms with Crippen LogP contribution >= 0.6 is 11.8 Å². The van der Waals surface area contributed by atoms with Crippen LogP contribution in [0.15, 0.2) is 53.4 Å². The molecule has 0 amide bonds. The molecule has 0 atom stereocenters. The first-order valence-corrected chi connectivity index (χ1v) is 6.64. The molecule has 0 heterocycles. The molecular formula is C14H14FNS. The second-order valence-corrected chi connectivity index (χ2v) is 4.49. The molecule has 0 saturated heterocycles. The maximum Gasteiger partial charge on any atom is 0.128 e. The van der Waals surface area contributed by atoms with Crippen LogP contribution in [0.1, 0.15) is 5.56 Å². The van der Waals surface area contributed by atoms with Crippen LogP contribution in [0.2, 0.25) is 0 Å². The smallest absolute Gasteiger partial charge is 0.128 e. The van der Waals surface area contributed by atoms with Crippen molar-refractivity contribution >= 4 is 17.4 Å². The van der Waals surface area contributed by atoms with E-state index in [1.807, 2.05) is 36.6 Å². The molecule has 0 unspecified atom stereocenters. The molecule has 1 N–H and O–H groups in total. The third-order valence-electron chi connectivity index (χ3n) is 2.53. The van der Waals surface area contributed by atoms with Gasteiger partial charge in [-0.25, -0.2) is 4.39 Å². The van der Waals surface area contributed by atoms with Gasteiger partial charge in [0.1, 0.15) is 5.82 Å². The van der Waals surface area contributed by atoms with E-state index in [4.69, 9.17) is 0 Å². The average molecular weight is 247 g/mol. The van der Waals surface area contributed by atoms with Gasteiger partial charge in [0.25, 0.3) is 0 Å². The zero-order valence-electron chi connectivity index (χ0n) is 9.61. The number of benzene rings is 2. The third-order valence-corrected chi connectivity index (χ3v) is 3.33. The lowest BCUT2D eigenvalue weighted by molar-refractivity contribution is 0.613. The van der Waals surface area contributed by atoms with Gasteiger partial charge in [0, 0.05) is 22.7 Å². The van der Waals surface area contributed by atoms with E-state index in [1.165, 1.54) is 11.0 Å². The number of nitrogens with one attached hydrogen (secondary N) is 1. The highest BCUT2D eigenvalue weighted by molar-refractivity contribution is 7.98. The SMILES string of the molecule is CSc1ccccc1NCc1ccccc1F. The summed E-state index contributed by atoms with van der Waals surface area (Å²) in [5.41, 5.74) is 1.73. The molecule has 0 bridgehead atoms. The molecule has 0 spiro atoms. The Morgan fingerprint density at radius 1 is 1.06 bits per heavy atom. The fraction of sp³-hybridized carbons (Fsp3) is 0.143. The summed E-state index contributed by atoms with van der Waals surface area (Å²) in [6.07, 6.45) is 2.03. The van der Waals surface area contributed by atoms with E-state index in [-0.39, 0.29) is 5.82 Å². The Morgan fingerprint density at radius 3 is 2.53 bits per heavy atom. The van der Waals surface area contributed by atoms with Gasteiger partial charge >= 0.3 is 0 Å². The Hall–Kier alpha value is -1.48. The summed E-state index contributed by atoms with van der Waals surface area (Å²) >= 11 is 1.68. The number of hydrogen-bond donors (Lipinski definition) is 1. The molecule has 0 radical (unpaired) electrons. The van der Waals surface area contributed by atoms with Gasteiger partial charge in [-0.3, -0.25) is 0 Å². The van der Waals surface area contributed by atoms with Crippen molar-refractivity contribution in [3.8, 4) is 0 Å². The lowest BCUT2D eigenvalue weighted by Gasteiger charge is -2.10. The molecule has 1 nitrogen and oxygen atoms in total. The lowest BCUT2D eigenvalue weighted by atomic mass is 10.2. The van der Waals surface area contributed by atoms with Crippen molar-refractivity contribution in [1.29, 1.82) is 0 Å². The Bertz CT molecular complexity index is 499. The monoisotopic (exact) mass is 247 g/mol. The van der Waals surface area contributed by atoms with Crippen molar-refractivity contribution in [1.82, 2.24) is 0 Å². The van der Waals surface area contributed by atoms with Gasteiger partial charge in [-0.2, -0.15) is 0 Å². The third kappa shape index (κ3) is 3.01. The van der Waals surface area contributed by atoms with E-state index in [2.05, 4.69) is 5.32 Å². The number of halogens is 1. The van der Waals surface area contributed by atoms with Crippen molar-refractivity contribution in [2.24, 2.45) is 0 Å². The first-order valence-electron chi connectivity index (χ1n) is 5.41. The fourth-order valence-electron chi connectivity index (χ4n) is 1.62. The minimum absolute atomic E-state index is 0.165. The molecule has 0 aromatic heterocycles. The zero-order valence-corrected chi connectivity index (χ0v) is 10.4. The minimum Gasteiger partial charge on any atom is -0.380 e. The normalized spacial score (nSPS) is 10.2. The zero-order chi connectivity index (χ0) is 12.1. The van der Waals surface area contributed by atoms with Crippen molar-refractivity contribution in [3.63, 3.8) is 0 Å². The van der Waals surface area contributed by atoms with Crippen LogP contribution < -0.4 is 5.32 Å². The van der Waals surface area contributed by atoms with Crippen LogP contribution in [0.3, 0.4) is 0 Å². The minimum atomic E-state index is -0.165. The van der Waals surface area contributed by atoms with E-state index >= 15 is 0 Å². The quantitative estimate of drug-likeness (QED) is 0.814. The first-order chi connectivity index (χ1) is 8.31. The number of anilines is 1. The van der Waals surface area contributed by atoms with Crippen LogP contribution in [-0.4, -0.2) is 6.26 Å². The standard InChI is InChI=1S/C14H14FNS/c1-17-14-9-5-4-8-13(14)16-10-11-6-2-3-7-12(11)15/h2-9,16H,10H2,1H3. The number of thioether (sulfide) groups is 1. The van der Waals surface area contributed by atoms with Crippen LogP contribution in [-0.2, 0) is 6.54 Å². The van der Waals surface area contributed by atoms with Crippen LogP contribution in [0.4, 0.5) is 10.1 Å². The number of rotatable bonds is 4. The van der Waals surface area contributed by atoms with Gasteiger partial charge in [0.05, 0.1) is 0 Å². The average Bonchev–Trinajstić information content (AvgIpc) is 2.38. The molecule has 3 heteroatoms. The molecule has 0 fully saturated rings. The molecule has 2 aromatic carbocycles. The summed E-state index contributed by atoms with van der Waals surface area (Å²) < 4.78 is 13.4. The Labute approximate surface area is 105 Å². The molecule has 17 heavy (non-hydrogen) atoms. The van der Waals surface area contributed by atoms with E-state index < -0.39 is 0 Å². The molecule has 0 aliphatic carbocycles.